The van der Waals surface area contributed by atoms with Crippen LogP contribution in [-0.2, 0) is 0 Å². The van der Waals surface area contributed by atoms with Crippen molar-refractivity contribution in [1.29, 1.82) is 0 Å². The standard InChI is InChI=1S/C63H34N4OS2/c1-3-15-37-32-51-48(29-35(37)13-1)49-30-36-14-2-4-16-38(36)33-52(49)67(51)40-28-27-39-31-50(59-58(47(39)34-40)43-18-5-8-23-53(43)68-59)63-65-61(45-21-12-26-56-57(45)44-19-7-10-25-55(44)69-56)64-62(66-63)46-22-11-20-42-41-17-6-9-24-54(41)70-60(42)46/h1-34H. The van der Waals surface area contributed by atoms with Gasteiger partial charge in [0.15, 0.2) is 17.5 Å². The lowest BCUT2D eigenvalue weighted by Crippen LogP contribution is -2.01. The topological polar surface area (TPSA) is 56.7 Å². The highest BCUT2D eigenvalue weighted by Crippen LogP contribution is 2.46. The normalized spacial score (nSPS) is 12.3. The van der Waals surface area contributed by atoms with Crippen molar-refractivity contribution in [3.8, 4) is 39.9 Å². The minimum absolute atomic E-state index is 0.561. The first-order valence-corrected chi connectivity index (χ1v) is 25.1. The molecule has 11 aromatic carbocycles. The van der Waals surface area contributed by atoms with Gasteiger partial charge in [0.2, 0.25) is 0 Å². The molecule has 5 aromatic heterocycles. The van der Waals surface area contributed by atoms with Gasteiger partial charge in [-0.1, -0.05) is 133 Å². The zero-order valence-corrected chi connectivity index (χ0v) is 38.8. The van der Waals surface area contributed by atoms with Gasteiger partial charge in [0.25, 0.3) is 0 Å². The van der Waals surface area contributed by atoms with E-state index >= 15 is 0 Å². The molecule has 0 spiro atoms. The van der Waals surface area contributed by atoms with Crippen molar-refractivity contribution in [2.24, 2.45) is 0 Å². The van der Waals surface area contributed by atoms with Crippen molar-refractivity contribution in [3.63, 3.8) is 0 Å². The fourth-order valence-electron chi connectivity index (χ4n) is 11.2. The van der Waals surface area contributed by atoms with Crippen molar-refractivity contribution < 1.29 is 4.42 Å². The molecule has 0 bridgehead atoms. The van der Waals surface area contributed by atoms with Gasteiger partial charge < -0.3 is 8.98 Å². The molecule has 0 aliphatic rings. The van der Waals surface area contributed by atoms with Gasteiger partial charge in [-0.25, -0.2) is 15.0 Å². The molecular formula is C63H34N4OS2. The van der Waals surface area contributed by atoms with Gasteiger partial charge in [0.1, 0.15) is 11.2 Å². The number of benzene rings is 11. The molecule has 0 amide bonds. The van der Waals surface area contributed by atoms with E-state index in [-0.39, 0.29) is 0 Å². The Kier molecular flexibility index (Phi) is 7.86. The molecular weight excluding hydrogens is 893 g/mol. The lowest BCUT2D eigenvalue weighted by atomic mass is 9.99. The lowest BCUT2D eigenvalue weighted by Gasteiger charge is -2.13. The summed E-state index contributed by atoms with van der Waals surface area (Å²) in [6.45, 7) is 0. The van der Waals surface area contributed by atoms with Gasteiger partial charge in [0, 0.05) is 78.7 Å². The summed E-state index contributed by atoms with van der Waals surface area (Å²) < 4.78 is 14.3. The molecule has 0 atom stereocenters. The summed E-state index contributed by atoms with van der Waals surface area (Å²) >= 11 is 3.58. The molecule has 324 valence electrons. The average molecular weight is 927 g/mol. The quantitative estimate of drug-likeness (QED) is 0.176. The Hall–Kier alpha value is -8.75. The van der Waals surface area contributed by atoms with Crippen LogP contribution in [0.2, 0.25) is 0 Å². The van der Waals surface area contributed by atoms with Crippen molar-refractivity contribution in [1.82, 2.24) is 19.5 Å². The molecule has 0 aliphatic heterocycles. The van der Waals surface area contributed by atoms with E-state index in [4.69, 9.17) is 19.4 Å². The van der Waals surface area contributed by atoms with E-state index in [0.29, 0.717) is 17.5 Å². The molecule has 0 radical (unpaired) electrons. The molecule has 0 saturated heterocycles. The molecule has 0 N–H and O–H groups in total. The summed E-state index contributed by atoms with van der Waals surface area (Å²) in [6, 6.07) is 74.4. The first kappa shape index (κ1) is 38.2. The molecule has 70 heavy (non-hydrogen) atoms. The van der Waals surface area contributed by atoms with Crippen LogP contribution in [0.4, 0.5) is 0 Å². The molecule has 16 aromatic rings. The summed E-state index contributed by atoms with van der Waals surface area (Å²) in [5.74, 6) is 1.81. The molecule has 0 unspecified atom stereocenters. The number of fused-ring (bicyclic) bond motifs is 16. The second-order valence-electron chi connectivity index (χ2n) is 18.3. The molecule has 0 fully saturated rings. The van der Waals surface area contributed by atoms with Crippen LogP contribution in [0.25, 0.3) is 156 Å². The van der Waals surface area contributed by atoms with Crippen LogP contribution in [0.5, 0.6) is 0 Å². The number of hydrogen-bond acceptors (Lipinski definition) is 6. The second-order valence-corrected chi connectivity index (χ2v) is 20.4. The summed E-state index contributed by atoms with van der Waals surface area (Å²) in [7, 11) is 0. The SMILES string of the molecule is c1ccc2cc3c(cc2c1)c1cc2ccccc2cc1n3-c1ccc2cc(-c3nc(-c4cccc5c4sc4ccccc45)nc(-c4cccc5sc6ccccc6c45)n3)c3oc4ccccc4c3c2c1. The lowest BCUT2D eigenvalue weighted by molar-refractivity contribution is 0.670. The monoisotopic (exact) mass is 926 g/mol. The van der Waals surface area contributed by atoms with Gasteiger partial charge in [-0.2, -0.15) is 0 Å². The molecule has 0 aliphatic carbocycles. The zero-order chi connectivity index (χ0) is 45.6. The van der Waals surface area contributed by atoms with Crippen LogP contribution in [0.1, 0.15) is 0 Å². The number of nitrogens with zero attached hydrogens (tertiary/aromatic N) is 4. The highest BCUT2D eigenvalue weighted by atomic mass is 32.1. The fraction of sp³-hybridized carbons (Fsp3) is 0. The molecule has 0 saturated carbocycles. The largest absolute Gasteiger partial charge is 0.455 e. The fourth-order valence-corrected chi connectivity index (χ4v) is 13.5. The van der Waals surface area contributed by atoms with E-state index in [0.717, 1.165) is 65.2 Å². The van der Waals surface area contributed by atoms with Crippen LogP contribution in [0.15, 0.2) is 211 Å². The maximum atomic E-state index is 7.03. The van der Waals surface area contributed by atoms with Crippen LogP contribution in [0.3, 0.4) is 0 Å². The second kappa shape index (κ2) is 14.4. The summed E-state index contributed by atoms with van der Waals surface area (Å²) in [5, 5.41) is 16.3. The minimum Gasteiger partial charge on any atom is -0.455 e. The van der Waals surface area contributed by atoms with E-state index in [2.05, 4.69) is 205 Å². The highest BCUT2D eigenvalue weighted by Gasteiger charge is 2.24. The third kappa shape index (κ3) is 5.50. The van der Waals surface area contributed by atoms with E-state index in [9.17, 15) is 0 Å². The Morgan fingerprint density at radius 3 is 1.64 bits per heavy atom. The third-order valence-electron chi connectivity index (χ3n) is 14.4. The number of rotatable bonds is 4. The average Bonchev–Trinajstić information content (AvgIpc) is 4.18. The van der Waals surface area contributed by atoms with E-state index in [1.54, 1.807) is 22.7 Å². The number of aromatic nitrogens is 4. The first-order valence-electron chi connectivity index (χ1n) is 23.5. The molecule has 7 heteroatoms. The maximum absolute atomic E-state index is 7.03. The first-order chi connectivity index (χ1) is 34.7. The molecule has 16 rings (SSSR count). The van der Waals surface area contributed by atoms with Crippen molar-refractivity contribution >= 4 is 139 Å². The number of furan rings is 1. The smallest absolute Gasteiger partial charge is 0.167 e. The van der Waals surface area contributed by atoms with Crippen LogP contribution >= 0.6 is 22.7 Å². The third-order valence-corrected chi connectivity index (χ3v) is 16.7. The Morgan fingerprint density at radius 1 is 0.343 bits per heavy atom. The summed E-state index contributed by atoms with van der Waals surface area (Å²) in [4.78, 5) is 16.4. The Bertz CT molecular complexity index is 4830. The van der Waals surface area contributed by atoms with Crippen LogP contribution in [-0.4, -0.2) is 19.5 Å². The zero-order valence-electron chi connectivity index (χ0n) is 37.1. The molecule has 5 nitrogen and oxygen atoms in total. The van der Waals surface area contributed by atoms with Gasteiger partial charge in [-0.05, 0) is 105 Å². The Labute approximate surface area is 406 Å². The summed E-state index contributed by atoms with van der Waals surface area (Å²) in [6.07, 6.45) is 0. The van der Waals surface area contributed by atoms with Gasteiger partial charge >= 0.3 is 0 Å². The van der Waals surface area contributed by atoms with Crippen molar-refractivity contribution in [2.45, 2.75) is 0 Å². The molecule has 5 heterocycles. The van der Waals surface area contributed by atoms with Crippen LogP contribution < -0.4 is 0 Å². The Balaban J connectivity index is 0.983. The Morgan fingerprint density at radius 2 is 0.900 bits per heavy atom. The summed E-state index contributed by atoms with van der Waals surface area (Å²) in [5.41, 5.74) is 7.73. The van der Waals surface area contributed by atoms with E-state index in [1.165, 1.54) is 73.6 Å². The minimum atomic E-state index is 0.561. The predicted octanol–water partition coefficient (Wildman–Crippen LogP) is 18.1. The maximum Gasteiger partial charge on any atom is 0.167 e. The number of thiophene rings is 2. The predicted molar refractivity (Wildman–Crippen MR) is 296 cm³/mol. The van der Waals surface area contributed by atoms with Crippen molar-refractivity contribution in [2.75, 3.05) is 0 Å². The highest BCUT2D eigenvalue weighted by molar-refractivity contribution is 7.26. The number of para-hydroxylation sites is 1. The van der Waals surface area contributed by atoms with Crippen LogP contribution in [0, 0.1) is 0 Å². The van der Waals surface area contributed by atoms with Gasteiger partial charge in [0.05, 0.1) is 16.6 Å². The van der Waals surface area contributed by atoms with E-state index < -0.39 is 0 Å². The van der Waals surface area contributed by atoms with Gasteiger partial charge in [-0.15, -0.1) is 22.7 Å². The van der Waals surface area contributed by atoms with Crippen molar-refractivity contribution in [3.05, 3.63) is 206 Å². The van der Waals surface area contributed by atoms with E-state index in [1.807, 2.05) is 6.07 Å². The number of hydrogen-bond donors (Lipinski definition) is 0. The van der Waals surface area contributed by atoms with Gasteiger partial charge in [-0.3, -0.25) is 0 Å².